The van der Waals surface area contributed by atoms with Crippen LogP contribution in [0.15, 0.2) is 47.6 Å². The lowest BCUT2D eigenvalue weighted by molar-refractivity contribution is -0.384. The van der Waals surface area contributed by atoms with Gasteiger partial charge in [0.15, 0.2) is 6.61 Å². The number of carbonyl (C=O) groups is 2. The summed E-state index contributed by atoms with van der Waals surface area (Å²) in [5, 5.41) is 19.7. The Morgan fingerprint density at radius 3 is 2.57 bits per heavy atom. The fraction of sp³-hybridized carbons (Fsp3) is 0.118. The van der Waals surface area contributed by atoms with Gasteiger partial charge in [0.1, 0.15) is 12.0 Å². The number of anilines is 2. The molecule has 28 heavy (non-hydrogen) atoms. The van der Waals surface area contributed by atoms with Crippen LogP contribution in [0.2, 0.25) is 5.02 Å². The third-order valence-corrected chi connectivity index (χ3v) is 3.47. The van der Waals surface area contributed by atoms with Gasteiger partial charge in [-0.15, -0.1) is 0 Å². The van der Waals surface area contributed by atoms with Crippen LogP contribution in [0.1, 0.15) is 0 Å². The zero-order chi connectivity index (χ0) is 20.5. The lowest BCUT2D eigenvalue weighted by Gasteiger charge is -2.08. The van der Waals surface area contributed by atoms with E-state index in [4.69, 9.17) is 21.2 Å². The number of nitro benzene ring substituents is 1. The van der Waals surface area contributed by atoms with E-state index in [0.29, 0.717) is 10.7 Å². The van der Waals surface area contributed by atoms with Crippen LogP contribution >= 0.6 is 11.6 Å². The molecule has 0 aromatic heterocycles. The number of amides is 2. The van der Waals surface area contributed by atoms with Crippen molar-refractivity contribution >= 4 is 46.7 Å². The molecule has 0 aliphatic rings. The van der Waals surface area contributed by atoms with Gasteiger partial charge in [-0.2, -0.15) is 0 Å². The lowest BCUT2D eigenvalue weighted by Crippen LogP contribution is -2.18. The number of rotatable bonds is 8. The third kappa shape index (κ3) is 6.25. The first kappa shape index (κ1) is 20.6. The number of carbonyl (C=O) groups excluding carboxylic acids is 2. The summed E-state index contributed by atoms with van der Waals surface area (Å²) < 4.78 is 5.00. The molecule has 0 heterocycles. The van der Waals surface area contributed by atoms with E-state index >= 15 is 0 Å². The first-order valence-corrected chi connectivity index (χ1v) is 8.11. The fourth-order valence-electron chi connectivity index (χ4n) is 1.97. The number of benzene rings is 2. The average molecular weight is 407 g/mol. The molecule has 146 valence electrons. The summed E-state index contributed by atoms with van der Waals surface area (Å²) in [7, 11) is 1.31. The van der Waals surface area contributed by atoms with Crippen molar-refractivity contribution in [3.05, 3.63) is 57.6 Å². The second-order valence-electron chi connectivity index (χ2n) is 5.19. The van der Waals surface area contributed by atoms with Crippen LogP contribution in [0, 0.1) is 10.1 Å². The number of hydrogen-bond acceptors (Lipinski definition) is 7. The predicted molar refractivity (Wildman–Crippen MR) is 103 cm³/mol. The maximum absolute atomic E-state index is 11.8. The molecule has 10 nitrogen and oxygen atoms in total. The van der Waals surface area contributed by atoms with Crippen molar-refractivity contribution in [2.75, 3.05) is 24.4 Å². The molecule has 0 saturated heterocycles. The number of oxime groups is 1. The number of nitrogens with one attached hydrogen (secondary N) is 2. The van der Waals surface area contributed by atoms with Gasteiger partial charge >= 0.3 is 0 Å². The molecule has 0 aliphatic heterocycles. The number of hydrogen-bond donors (Lipinski definition) is 2. The van der Waals surface area contributed by atoms with Crippen LogP contribution in [0.3, 0.4) is 0 Å². The maximum Gasteiger partial charge on any atom is 0.273 e. The Morgan fingerprint density at radius 2 is 1.93 bits per heavy atom. The second-order valence-corrected chi connectivity index (χ2v) is 5.63. The van der Waals surface area contributed by atoms with E-state index in [1.165, 1.54) is 25.3 Å². The Balaban J connectivity index is 1.82. The number of non-ortho nitro benzene ring substituents is 1. The summed E-state index contributed by atoms with van der Waals surface area (Å²) in [6, 6.07) is 10.2. The molecular formula is C17H15ClN4O6. The van der Waals surface area contributed by atoms with Crippen LogP contribution in [0.25, 0.3) is 0 Å². The summed E-state index contributed by atoms with van der Waals surface area (Å²) in [5.41, 5.74) is 0.563. The SMILES string of the molecule is COc1cc([N+](=O)[O-])ccc1NC(=O)/C=N\OCC(=O)Nc1ccc(Cl)cc1. The van der Waals surface area contributed by atoms with Gasteiger partial charge in [-0.3, -0.25) is 19.7 Å². The highest BCUT2D eigenvalue weighted by atomic mass is 35.5. The smallest absolute Gasteiger partial charge is 0.273 e. The van der Waals surface area contributed by atoms with Gasteiger partial charge in [-0.25, -0.2) is 0 Å². The molecule has 0 saturated carbocycles. The molecule has 0 atom stereocenters. The zero-order valence-corrected chi connectivity index (χ0v) is 15.3. The van der Waals surface area contributed by atoms with Gasteiger partial charge in [0, 0.05) is 16.8 Å². The standard InChI is InChI=1S/C17H15ClN4O6/c1-27-15-8-13(22(25)26)6-7-14(15)21-16(23)9-19-28-10-17(24)20-12-4-2-11(18)3-5-12/h2-9H,10H2,1H3,(H,20,24)(H,21,23)/b19-9-. The van der Waals surface area contributed by atoms with Crippen molar-refractivity contribution in [2.45, 2.75) is 0 Å². The zero-order valence-electron chi connectivity index (χ0n) is 14.5. The quantitative estimate of drug-likeness (QED) is 0.393. The molecule has 2 amide bonds. The average Bonchev–Trinajstić information content (AvgIpc) is 2.67. The molecule has 0 unspecified atom stereocenters. The number of halogens is 1. The maximum atomic E-state index is 11.8. The van der Waals surface area contributed by atoms with Crippen molar-refractivity contribution in [1.29, 1.82) is 0 Å². The number of nitrogens with zero attached hydrogens (tertiary/aromatic N) is 2. The van der Waals surface area contributed by atoms with E-state index in [0.717, 1.165) is 6.21 Å². The van der Waals surface area contributed by atoms with E-state index in [2.05, 4.69) is 15.8 Å². The Labute approximate surface area is 164 Å². The Kier molecular flexibility index (Phi) is 7.28. The highest BCUT2D eigenvalue weighted by Gasteiger charge is 2.12. The highest BCUT2D eigenvalue weighted by molar-refractivity contribution is 6.31. The van der Waals surface area contributed by atoms with Gasteiger partial charge in [0.25, 0.3) is 17.5 Å². The van der Waals surface area contributed by atoms with E-state index < -0.39 is 23.3 Å². The van der Waals surface area contributed by atoms with E-state index in [9.17, 15) is 19.7 Å². The van der Waals surface area contributed by atoms with Crippen molar-refractivity contribution in [3.8, 4) is 5.75 Å². The minimum absolute atomic E-state index is 0.110. The molecule has 0 radical (unpaired) electrons. The molecule has 0 spiro atoms. The van der Waals surface area contributed by atoms with E-state index in [1.807, 2.05) is 0 Å². The first-order chi connectivity index (χ1) is 13.4. The second kappa shape index (κ2) is 9.88. The van der Waals surface area contributed by atoms with Crippen molar-refractivity contribution in [2.24, 2.45) is 5.16 Å². The van der Waals surface area contributed by atoms with Gasteiger partial charge in [-0.1, -0.05) is 16.8 Å². The van der Waals surface area contributed by atoms with Gasteiger partial charge < -0.3 is 20.2 Å². The van der Waals surface area contributed by atoms with Gasteiger partial charge in [0.2, 0.25) is 0 Å². The van der Waals surface area contributed by atoms with Gasteiger partial charge in [-0.05, 0) is 30.3 Å². The number of methoxy groups -OCH3 is 1. The van der Waals surface area contributed by atoms with Crippen LogP contribution in [-0.4, -0.2) is 36.7 Å². The topological polar surface area (TPSA) is 132 Å². The molecule has 0 fully saturated rings. The van der Waals surface area contributed by atoms with Crippen LogP contribution in [0.5, 0.6) is 5.75 Å². The molecule has 2 aromatic rings. The molecule has 2 rings (SSSR count). The minimum Gasteiger partial charge on any atom is -0.494 e. The molecule has 2 aromatic carbocycles. The largest absolute Gasteiger partial charge is 0.494 e. The normalized spacial score (nSPS) is 10.4. The summed E-state index contributed by atoms with van der Waals surface area (Å²) in [6.07, 6.45) is 0.816. The van der Waals surface area contributed by atoms with Crippen LogP contribution in [-0.2, 0) is 14.4 Å². The third-order valence-electron chi connectivity index (χ3n) is 3.22. The first-order valence-electron chi connectivity index (χ1n) is 7.73. The Bertz CT molecular complexity index is 901. The lowest BCUT2D eigenvalue weighted by atomic mass is 10.2. The fourth-order valence-corrected chi connectivity index (χ4v) is 2.10. The number of nitro groups is 1. The monoisotopic (exact) mass is 406 g/mol. The van der Waals surface area contributed by atoms with Crippen LogP contribution in [0.4, 0.5) is 17.1 Å². The molecule has 2 N–H and O–H groups in total. The molecule has 0 bridgehead atoms. The number of ether oxygens (including phenoxy) is 1. The highest BCUT2D eigenvalue weighted by Crippen LogP contribution is 2.28. The summed E-state index contributed by atoms with van der Waals surface area (Å²) in [5.74, 6) is -1.04. The molecule has 0 aliphatic carbocycles. The predicted octanol–water partition coefficient (Wildman–Crippen LogP) is 2.84. The van der Waals surface area contributed by atoms with E-state index in [-0.39, 0.29) is 17.1 Å². The Morgan fingerprint density at radius 1 is 1.21 bits per heavy atom. The van der Waals surface area contributed by atoms with Crippen molar-refractivity contribution in [1.82, 2.24) is 0 Å². The van der Waals surface area contributed by atoms with Crippen molar-refractivity contribution in [3.63, 3.8) is 0 Å². The minimum atomic E-state index is -0.676. The summed E-state index contributed by atoms with van der Waals surface area (Å²) in [4.78, 5) is 38.4. The molecular weight excluding hydrogens is 392 g/mol. The molecule has 11 heteroatoms. The Hall–Kier alpha value is -3.66. The van der Waals surface area contributed by atoms with E-state index in [1.54, 1.807) is 24.3 Å². The summed E-state index contributed by atoms with van der Waals surface area (Å²) >= 11 is 5.75. The summed E-state index contributed by atoms with van der Waals surface area (Å²) in [6.45, 7) is -0.409. The van der Waals surface area contributed by atoms with Crippen LogP contribution < -0.4 is 15.4 Å². The van der Waals surface area contributed by atoms with Crippen molar-refractivity contribution < 1.29 is 24.1 Å². The van der Waals surface area contributed by atoms with Gasteiger partial charge in [0.05, 0.1) is 23.8 Å².